The van der Waals surface area contributed by atoms with Gasteiger partial charge in [-0.2, -0.15) is 0 Å². The molecule has 4 rings (SSSR count). The van der Waals surface area contributed by atoms with Gasteiger partial charge in [0, 0.05) is 11.3 Å². The van der Waals surface area contributed by atoms with E-state index >= 15 is 0 Å². The zero-order valence-electron chi connectivity index (χ0n) is 19.2. The van der Waals surface area contributed by atoms with E-state index in [4.69, 9.17) is 14.7 Å². The molecule has 2 aliphatic heterocycles. The highest BCUT2D eigenvalue weighted by molar-refractivity contribution is 8.15. The lowest BCUT2D eigenvalue weighted by atomic mass is 10.0. The van der Waals surface area contributed by atoms with Crippen LogP contribution in [-0.4, -0.2) is 46.1 Å². The first-order valence-electron chi connectivity index (χ1n) is 11.1. The lowest BCUT2D eigenvalue weighted by Gasteiger charge is -2.27. The number of aliphatic imine (C=N–C) groups is 2. The van der Waals surface area contributed by atoms with Crippen molar-refractivity contribution in [3.05, 3.63) is 54.1 Å². The number of carbonyl (C=O) groups excluding carboxylic acids is 2. The van der Waals surface area contributed by atoms with Gasteiger partial charge in [0.2, 0.25) is 5.91 Å². The minimum Gasteiger partial charge on any atom is -0.497 e. The molecule has 0 fully saturated rings. The van der Waals surface area contributed by atoms with E-state index in [0.717, 1.165) is 17.0 Å². The molecule has 172 valence electrons. The third kappa shape index (κ3) is 4.80. The molecule has 0 radical (unpaired) electrons. The number of methoxy groups -OCH3 is 1. The summed E-state index contributed by atoms with van der Waals surface area (Å²) >= 11 is 1.30. The minimum absolute atomic E-state index is 0.0788. The Balaban J connectivity index is 1.59. The van der Waals surface area contributed by atoms with Crippen LogP contribution in [0.15, 0.2) is 58.5 Å². The van der Waals surface area contributed by atoms with Crippen molar-refractivity contribution in [3.8, 4) is 5.75 Å². The number of amides is 2. The number of benzene rings is 2. The number of amidine groups is 2. The molecule has 1 N–H and O–H groups in total. The summed E-state index contributed by atoms with van der Waals surface area (Å²) in [7, 11) is 1.60. The van der Waals surface area contributed by atoms with Crippen LogP contribution in [0.3, 0.4) is 0 Å². The summed E-state index contributed by atoms with van der Waals surface area (Å²) in [5.74, 6) is 1.47. The molecule has 8 heteroatoms. The zero-order chi connectivity index (χ0) is 23.5. The van der Waals surface area contributed by atoms with E-state index < -0.39 is 11.3 Å². The summed E-state index contributed by atoms with van der Waals surface area (Å²) in [6, 6.07) is 14.5. The molecule has 2 aromatic rings. The number of ether oxygens (including phenoxy) is 1. The van der Waals surface area contributed by atoms with E-state index in [1.165, 1.54) is 11.8 Å². The second-order valence-electron chi connectivity index (χ2n) is 8.42. The number of rotatable bonds is 7. The molecule has 0 unspecified atom stereocenters. The third-order valence-corrected chi connectivity index (χ3v) is 6.83. The highest BCUT2D eigenvalue weighted by atomic mass is 32.2. The topological polar surface area (TPSA) is 83.4 Å². The Kier molecular flexibility index (Phi) is 6.83. The number of fused-ring (bicyclic) bond motifs is 3. The lowest BCUT2D eigenvalue weighted by Crippen LogP contribution is -2.42. The third-order valence-electron chi connectivity index (χ3n) is 5.51. The Bertz CT molecular complexity index is 1110. The molecule has 2 aliphatic rings. The number of para-hydroxylation sites is 1. The van der Waals surface area contributed by atoms with Crippen LogP contribution in [-0.2, 0) is 9.59 Å². The lowest BCUT2D eigenvalue weighted by molar-refractivity contribution is -0.125. The van der Waals surface area contributed by atoms with Crippen LogP contribution in [0, 0.1) is 5.92 Å². The van der Waals surface area contributed by atoms with Crippen LogP contribution in [0.5, 0.6) is 5.75 Å². The van der Waals surface area contributed by atoms with Crippen LogP contribution in [0.2, 0.25) is 0 Å². The molecule has 0 aromatic heterocycles. The fourth-order valence-corrected chi connectivity index (χ4v) is 4.85. The standard InChI is InChI=1S/C25H28N4O3S/c1-5-21(23(30)26-16-10-12-17(32-4)13-11-16)33-25-28-19-9-7-6-8-18(19)22-27-20(14-15(2)3)24(31)29(22)25/h6-13,15,20-21H,5,14H2,1-4H3,(H,26,30)/t20-,21-/m0/s1. The molecule has 0 spiro atoms. The highest BCUT2D eigenvalue weighted by Crippen LogP contribution is 2.36. The summed E-state index contributed by atoms with van der Waals surface area (Å²) < 4.78 is 5.17. The molecule has 2 atom stereocenters. The number of nitrogens with zero attached hydrogens (tertiary/aromatic N) is 3. The maximum Gasteiger partial charge on any atom is 0.259 e. The predicted molar refractivity (Wildman–Crippen MR) is 133 cm³/mol. The summed E-state index contributed by atoms with van der Waals surface area (Å²) in [6.07, 6.45) is 1.26. The van der Waals surface area contributed by atoms with Gasteiger partial charge in [-0.1, -0.05) is 44.7 Å². The van der Waals surface area contributed by atoms with Crippen molar-refractivity contribution < 1.29 is 14.3 Å². The fourth-order valence-electron chi connectivity index (χ4n) is 3.83. The second kappa shape index (κ2) is 9.79. The van der Waals surface area contributed by atoms with Crippen molar-refractivity contribution >= 4 is 46.0 Å². The first kappa shape index (κ1) is 23.0. The summed E-state index contributed by atoms with van der Waals surface area (Å²) in [5.41, 5.74) is 2.29. The number of hydrogen-bond acceptors (Lipinski definition) is 6. The molecular weight excluding hydrogens is 436 g/mol. The van der Waals surface area contributed by atoms with Crippen LogP contribution in [0.25, 0.3) is 0 Å². The van der Waals surface area contributed by atoms with Gasteiger partial charge in [0.15, 0.2) is 5.17 Å². The Morgan fingerprint density at radius 2 is 1.91 bits per heavy atom. The van der Waals surface area contributed by atoms with E-state index in [1.807, 2.05) is 31.2 Å². The first-order valence-corrected chi connectivity index (χ1v) is 12.0. The molecule has 2 amide bonds. The highest BCUT2D eigenvalue weighted by Gasteiger charge is 2.42. The fraction of sp³-hybridized carbons (Fsp3) is 0.360. The van der Waals surface area contributed by atoms with E-state index in [-0.39, 0.29) is 11.8 Å². The van der Waals surface area contributed by atoms with E-state index in [9.17, 15) is 9.59 Å². The molecule has 0 aliphatic carbocycles. The molecule has 0 bridgehead atoms. The van der Waals surface area contributed by atoms with E-state index in [0.29, 0.717) is 35.5 Å². The number of thioether (sulfide) groups is 1. The van der Waals surface area contributed by atoms with Crippen molar-refractivity contribution in [3.63, 3.8) is 0 Å². The SMILES string of the molecule is CC[C@H](SC1=Nc2ccccc2C2=N[C@@H](CC(C)C)C(=O)N12)C(=O)Nc1ccc(OC)cc1. The Labute approximate surface area is 198 Å². The van der Waals surface area contributed by atoms with Crippen molar-refractivity contribution in [2.45, 2.75) is 44.9 Å². The monoisotopic (exact) mass is 464 g/mol. The summed E-state index contributed by atoms with van der Waals surface area (Å²) in [4.78, 5) is 37.5. The van der Waals surface area contributed by atoms with Crippen LogP contribution < -0.4 is 10.1 Å². The summed E-state index contributed by atoms with van der Waals surface area (Å²) in [6.45, 7) is 6.11. The Hall–Kier alpha value is -3.13. The zero-order valence-corrected chi connectivity index (χ0v) is 20.1. The number of nitrogens with one attached hydrogen (secondary N) is 1. The van der Waals surface area contributed by atoms with Gasteiger partial charge >= 0.3 is 0 Å². The average Bonchev–Trinajstić information content (AvgIpc) is 3.13. The Morgan fingerprint density at radius 3 is 2.58 bits per heavy atom. The van der Waals surface area contributed by atoms with Gasteiger partial charge in [-0.05, 0) is 55.2 Å². The van der Waals surface area contributed by atoms with Gasteiger partial charge in [-0.3, -0.25) is 14.6 Å². The second-order valence-corrected chi connectivity index (χ2v) is 9.59. The van der Waals surface area contributed by atoms with Crippen LogP contribution in [0.4, 0.5) is 11.4 Å². The van der Waals surface area contributed by atoms with Gasteiger partial charge in [0.05, 0.1) is 18.0 Å². The Morgan fingerprint density at radius 1 is 1.18 bits per heavy atom. The first-order chi connectivity index (χ1) is 15.9. The maximum absolute atomic E-state index is 13.3. The normalized spacial score (nSPS) is 17.8. The van der Waals surface area contributed by atoms with Gasteiger partial charge < -0.3 is 10.1 Å². The molecule has 0 saturated heterocycles. The van der Waals surface area contributed by atoms with Gasteiger partial charge in [0.1, 0.15) is 17.6 Å². The van der Waals surface area contributed by atoms with Crippen LogP contribution >= 0.6 is 11.8 Å². The molecular formula is C25H28N4O3S. The van der Waals surface area contributed by atoms with Crippen molar-refractivity contribution in [2.24, 2.45) is 15.9 Å². The number of hydrogen-bond donors (Lipinski definition) is 1. The van der Waals surface area contributed by atoms with Crippen molar-refractivity contribution in [1.29, 1.82) is 0 Å². The minimum atomic E-state index is -0.426. The van der Waals surface area contributed by atoms with Gasteiger partial charge in [-0.15, -0.1) is 0 Å². The molecule has 0 saturated carbocycles. The van der Waals surface area contributed by atoms with Crippen LogP contribution in [0.1, 0.15) is 39.2 Å². The largest absolute Gasteiger partial charge is 0.497 e. The van der Waals surface area contributed by atoms with E-state index in [2.05, 4.69) is 19.2 Å². The van der Waals surface area contributed by atoms with Gasteiger partial charge in [-0.25, -0.2) is 9.89 Å². The molecule has 2 aromatic carbocycles. The maximum atomic E-state index is 13.3. The number of anilines is 1. The smallest absolute Gasteiger partial charge is 0.259 e. The quantitative estimate of drug-likeness (QED) is 0.635. The van der Waals surface area contributed by atoms with E-state index in [1.54, 1.807) is 36.3 Å². The molecule has 33 heavy (non-hydrogen) atoms. The van der Waals surface area contributed by atoms with Gasteiger partial charge in [0.25, 0.3) is 5.91 Å². The van der Waals surface area contributed by atoms with Crippen molar-refractivity contribution in [2.75, 3.05) is 12.4 Å². The summed E-state index contributed by atoms with van der Waals surface area (Å²) in [5, 5.41) is 3.03. The predicted octanol–water partition coefficient (Wildman–Crippen LogP) is 4.85. The molecule has 2 heterocycles. The van der Waals surface area contributed by atoms with Crippen molar-refractivity contribution in [1.82, 2.24) is 4.90 Å². The number of carbonyl (C=O) groups is 2. The molecule has 7 nitrogen and oxygen atoms in total. The average molecular weight is 465 g/mol.